The van der Waals surface area contributed by atoms with Gasteiger partial charge in [0, 0.05) is 23.2 Å². The Morgan fingerprint density at radius 2 is 2.16 bits per heavy atom. The second-order valence-corrected chi connectivity index (χ2v) is 5.42. The van der Waals surface area contributed by atoms with E-state index >= 15 is 0 Å². The Balaban J connectivity index is 2.45. The molecule has 1 aromatic heterocycles. The molecule has 0 fully saturated rings. The molecular formula is C14H17FN2OS. The highest BCUT2D eigenvalue weighted by Gasteiger charge is 2.20. The molecule has 5 heteroatoms. The summed E-state index contributed by atoms with van der Waals surface area (Å²) < 4.78 is 14.1. The SMILES string of the molecule is CCCN(CC)C(=O)c1sc2ccc(F)cc2c1N. The van der Waals surface area contributed by atoms with E-state index in [2.05, 4.69) is 0 Å². The molecule has 0 saturated carbocycles. The molecule has 2 aromatic rings. The lowest BCUT2D eigenvalue weighted by atomic mass is 10.2. The standard InChI is InChI=1S/C14H17FN2OS/c1-3-7-17(4-2)14(18)13-12(16)10-8-9(15)5-6-11(10)19-13/h5-6,8H,3-4,7,16H2,1-2H3. The number of fused-ring (bicyclic) bond motifs is 1. The third-order valence-electron chi connectivity index (χ3n) is 3.05. The normalized spacial score (nSPS) is 10.9. The van der Waals surface area contributed by atoms with Crippen molar-refractivity contribution in [3.63, 3.8) is 0 Å². The van der Waals surface area contributed by atoms with Gasteiger partial charge in [0.1, 0.15) is 10.7 Å². The number of benzene rings is 1. The van der Waals surface area contributed by atoms with E-state index in [0.717, 1.165) is 11.1 Å². The van der Waals surface area contributed by atoms with Crippen molar-refractivity contribution < 1.29 is 9.18 Å². The second kappa shape index (κ2) is 5.57. The van der Waals surface area contributed by atoms with Gasteiger partial charge in [-0.3, -0.25) is 4.79 Å². The fraction of sp³-hybridized carbons (Fsp3) is 0.357. The molecule has 0 aliphatic carbocycles. The summed E-state index contributed by atoms with van der Waals surface area (Å²) in [5.41, 5.74) is 6.38. The molecule has 1 heterocycles. The quantitative estimate of drug-likeness (QED) is 0.931. The van der Waals surface area contributed by atoms with Crippen LogP contribution in [-0.4, -0.2) is 23.9 Å². The Morgan fingerprint density at radius 3 is 2.79 bits per heavy atom. The van der Waals surface area contributed by atoms with Crippen molar-refractivity contribution in [3.05, 3.63) is 28.9 Å². The topological polar surface area (TPSA) is 46.3 Å². The highest BCUT2D eigenvalue weighted by Crippen LogP contribution is 2.34. The van der Waals surface area contributed by atoms with Crippen molar-refractivity contribution in [2.24, 2.45) is 0 Å². The van der Waals surface area contributed by atoms with Crippen molar-refractivity contribution in [2.45, 2.75) is 20.3 Å². The van der Waals surface area contributed by atoms with Gasteiger partial charge in [-0.05, 0) is 31.5 Å². The molecule has 0 unspecified atom stereocenters. The van der Waals surface area contributed by atoms with Crippen LogP contribution in [0, 0.1) is 5.82 Å². The fourth-order valence-electron chi connectivity index (χ4n) is 2.06. The number of amides is 1. The lowest BCUT2D eigenvalue weighted by Gasteiger charge is -2.19. The molecule has 0 bridgehead atoms. The van der Waals surface area contributed by atoms with Gasteiger partial charge in [-0.2, -0.15) is 0 Å². The van der Waals surface area contributed by atoms with Crippen LogP contribution in [-0.2, 0) is 0 Å². The number of nitrogen functional groups attached to an aromatic ring is 1. The molecule has 0 aliphatic rings. The van der Waals surface area contributed by atoms with E-state index in [9.17, 15) is 9.18 Å². The molecule has 0 atom stereocenters. The van der Waals surface area contributed by atoms with E-state index < -0.39 is 0 Å². The number of hydrogen-bond donors (Lipinski definition) is 1. The van der Waals surface area contributed by atoms with Gasteiger partial charge in [0.05, 0.1) is 5.69 Å². The summed E-state index contributed by atoms with van der Waals surface area (Å²) in [4.78, 5) is 14.7. The van der Waals surface area contributed by atoms with Gasteiger partial charge in [0.15, 0.2) is 0 Å². The van der Waals surface area contributed by atoms with Crippen LogP contribution in [0.1, 0.15) is 29.9 Å². The predicted octanol–water partition coefficient (Wildman–Crippen LogP) is 3.49. The zero-order valence-electron chi connectivity index (χ0n) is 11.1. The van der Waals surface area contributed by atoms with Crippen LogP contribution in [0.3, 0.4) is 0 Å². The van der Waals surface area contributed by atoms with Gasteiger partial charge < -0.3 is 10.6 Å². The third kappa shape index (κ3) is 2.56. The van der Waals surface area contributed by atoms with Crippen LogP contribution >= 0.6 is 11.3 Å². The molecule has 0 saturated heterocycles. The number of nitrogens with two attached hydrogens (primary N) is 1. The molecule has 1 amide bonds. The van der Waals surface area contributed by atoms with Crippen LogP contribution in [0.4, 0.5) is 10.1 Å². The van der Waals surface area contributed by atoms with Gasteiger partial charge in [0.2, 0.25) is 0 Å². The van der Waals surface area contributed by atoms with E-state index in [0.29, 0.717) is 29.0 Å². The van der Waals surface area contributed by atoms with Crippen LogP contribution in [0.15, 0.2) is 18.2 Å². The molecule has 2 rings (SSSR count). The van der Waals surface area contributed by atoms with E-state index in [1.165, 1.54) is 23.5 Å². The summed E-state index contributed by atoms with van der Waals surface area (Å²) in [6, 6.07) is 4.43. The molecule has 1 aromatic carbocycles. The minimum atomic E-state index is -0.336. The van der Waals surface area contributed by atoms with Crippen molar-refractivity contribution in [2.75, 3.05) is 18.8 Å². The van der Waals surface area contributed by atoms with Crippen LogP contribution < -0.4 is 5.73 Å². The van der Waals surface area contributed by atoms with E-state index in [4.69, 9.17) is 5.73 Å². The predicted molar refractivity (Wildman–Crippen MR) is 78.1 cm³/mol. The summed E-state index contributed by atoms with van der Waals surface area (Å²) in [5.74, 6) is -0.402. The molecule has 0 spiro atoms. The summed E-state index contributed by atoms with van der Waals surface area (Å²) >= 11 is 1.33. The molecular weight excluding hydrogens is 263 g/mol. The van der Waals surface area contributed by atoms with Crippen molar-refractivity contribution in [1.82, 2.24) is 4.90 Å². The number of hydrogen-bond acceptors (Lipinski definition) is 3. The first kappa shape index (κ1) is 13.8. The van der Waals surface area contributed by atoms with Gasteiger partial charge >= 0.3 is 0 Å². The maximum atomic E-state index is 13.2. The number of carbonyl (C=O) groups is 1. The lowest BCUT2D eigenvalue weighted by molar-refractivity contribution is 0.0770. The monoisotopic (exact) mass is 280 g/mol. The largest absolute Gasteiger partial charge is 0.397 e. The first-order chi connectivity index (χ1) is 9.08. The van der Waals surface area contributed by atoms with Crippen molar-refractivity contribution >= 4 is 33.0 Å². The van der Waals surface area contributed by atoms with Gasteiger partial charge in [-0.1, -0.05) is 6.92 Å². The highest BCUT2D eigenvalue weighted by molar-refractivity contribution is 7.21. The Labute approximate surface area is 115 Å². The molecule has 0 radical (unpaired) electrons. The molecule has 3 nitrogen and oxygen atoms in total. The summed E-state index contributed by atoms with van der Waals surface area (Å²) in [5, 5.41) is 0.626. The Hall–Kier alpha value is -1.62. The van der Waals surface area contributed by atoms with Gasteiger partial charge in [0.25, 0.3) is 5.91 Å². The Kier molecular flexibility index (Phi) is 4.04. The number of carbonyl (C=O) groups excluding carboxylic acids is 1. The van der Waals surface area contributed by atoms with E-state index in [1.54, 1.807) is 11.0 Å². The molecule has 2 N–H and O–H groups in total. The number of rotatable bonds is 4. The number of anilines is 1. The summed E-state index contributed by atoms with van der Waals surface area (Å²) in [6.45, 7) is 5.32. The average molecular weight is 280 g/mol. The summed E-state index contributed by atoms with van der Waals surface area (Å²) in [7, 11) is 0. The third-order valence-corrected chi connectivity index (χ3v) is 4.22. The second-order valence-electron chi connectivity index (χ2n) is 4.37. The smallest absolute Gasteiger partial charge is 0.266 e. The molecule has 102 valence electrons. The molecule has 19 heavy (non-hydrogen) atoms. The van der Waals surface area contributed by atoms with E-state index in [1.807, 2.05) is 13.8 Å². The maximum Gasteiger partial charge on any atom is 0.266 e. The van der Waals surface area contributed by atoms with Crippen molar-refractivity contribution in [3.8, 4) is 0 Å². The zero-order valence-corrected chi connectivity index (χ0v) is 11.9. The maximum absolute atomic E-state index is 13.2. The number of halogens is 1. The minimum Gasteiger partial charge on any atom is -0.397 e. The minimum absolute atomic E-state index is 0.0662. The Bertz CT molecular complexity index is 609. The van der Waals surface area contributed by atoms with Crippen LogP contribution in [0.2, 0.25) is 0 Å². The number of nitrogens with zero attached hydrogens (tertiary/aromatic N) is 1. The van der Waals surface area contributed by atoms with Gasteiger partial charge in [-0.25, -0.2) is 4.39 Å². The highest BCUT2D eigenvalue weighted by atomic mass is 32.1. The van der Waals surface area contributed by atoms with Crippen molar-refractivity contribution in [1.29, 1.82) is 0 Å². The lowest BCUT2D eigenvalue weighted by Crippen LogP contribution is -2.31. The first-order valence-corrected chi connectivity index (χ1v) is 7.16. The fourth-order valence-corrected chi connectivity index (χ4v) is 3.14. The summed E-state index contributed by atoms with van der Waals surface area (Å²) in [6.07, 6.45) is 0.902. The average Bonchev–Trinajstić information content (AvgIpc) is 2.72. The Morgan fingerprint density at radius 1 is 1.42 bits per heavy atom. The van der Waals surface area contributed by atoms with Gasteiger partial charge in [-0.15, -0.1) is 11.3 Å². The number of thiophene rings is 1. The van der Waals surface area contributed by atoms with E-state index in [-0.39, 0.29) is 11.7 Å². The molecule has 0 aliphatic heterocycles. The van der Waals surface area contributed by atoms with Crippen LogP contribution in [0.5, 0.6) is 0 Å². The zero-order chi connectivity index (χ0) is 14.0. The van der Waals surface area contributed by atoms with Crippen LogP contribution in [0.25, 0.3) is 10.1 Å². The first-order valence-electron chi connectivity index (χ1n) is 6.35.